The summed E-state index contributed by atoms with van der Waals surface area (Å²) in [5, 5.41) is 3.53. The third-order valence-electron chi connectivity index (χ3n) is 3.93. The molecule has 3 heteroatoms. The van der Waals surface area contributed by atoms with Crippen molar-refractivity contribution < 1.29 is 4.74 Å². The van der Waals surface area contributed by atoms with E-state index in [1.165, 1.54) is 19.4 Å². The maximum Gasteiger partial charge on any atom is 0.0593 e. The Balaban J connectivity index is 1.43. The van der Waals surface area contributed by atoms with E-state index in [1.54, 1.807) is 0 Å². The highest BCUT2D eigenvalue weighted by molar-refractivity contribution is 5.10. The Morgan fingerprint density at radius 3 is 2.76 bits per heavy atom. The number of nitrogens with one attached hydrogen (secondary N) is 1. The molecule has 0 aliphatic heterocycles. The van der Waals surface area contributed by atoms with Crippen molar-refractivity contribution in [2.75, 3.05) is 46.9 Å². The van der Waals surface area contributed by atoms with Gasteiger partial charge in [0.25, 0.3) is 0 Å². The summed E-state index contributed by atoms with van der Waals surface area (Å²) in [6, 6.07) is 0. The minimum Gasteiger partial charge on any atom is -0.379 e. The van der Waals surface area contributed by atoms with Crippen molar-refractivity contribution in [3.8, 4) is 0 Å². The quantitative estimate of drug-likeness (QED) is 0.510. The summed E-state index contributed by atoms with van der Waals surface area (Å²) >= 11 is 0. The molecule has 98 valence electrons. The summed E-state index contributed by atoms with van der Waals surface area (Å²) in [6.07, 6.45) is 7.64. The lowest BCUT2D eigenvalue weighted by atomic mass is 9.94. The molecule has 0 radical (unpaired) electrons. The molecule has 1 saturated carbocycles. The zero-order chi connectivity index (χ0) is 12.1. The molecule has 0 aromatic heterocycles. The van der Waals surface area contributed by atoms with E-state index in [9.17, 15) is 0 Å². The van der Waals surface area contributed by atoms with Crippen LogP contribution in [0.25, 0.3) is 0 Å². The smallest absolute Gasteiger partial charge is 0.0593 e. The molecular weight excluding hydrogens is 212 g/mol. The maximum absolute atomic E-state index is 5.55. The molecule has 0 aromatic rings. The normalized spacial score (nSPS) is 30.6. The molecule has 2 bridgehead atoms. The minimum atomic E-state index is 0.838. The standard InChI is InChI=1S/C14H26N2O/c1-16(2)6-8-17-7-5-15-11-14-10-12-3-4-13(14)9-12/h3-4,12-15H,5-11H2,1-2H3. The Morgan fingerprint density at radius 2 is 2.12 bits per heavy atom. The highest BCUT2D eigenvalue weighted by Crippen LogP contribution is 2.42. The van der Waals surface area contributed by atoms with Crippen molar-refractivity contribution in [3.05, 3.63) is 12.2 Å². The Kier molecular flexibility index (Phi) is 5.01. The number of hydrogen-bond acceptors (Lipinski definition) is 3. The number of fused-ring (bicyclic) bond motifs is 2. The Bertz CT molecular complexity index is 253. The van der Waals surface area contributed by atoms with Gasteiger partial charge in [-0.15, -0.1) is 0 Å². The van der Waals surface area contributed by atoms with Gasteiger partial charge in [0, 0.05) is 13.1 Å². The first-order valence-electron chi connectivity index (χ1n) is 6.87. The third-order valence-corrected chi connectivity index (χ3v) is 3.93. The summed E-state index contributed by atoms with van der Waals surface area (Å²) in [5.74, 6) is 2.64. The van der Waals surface area contributed by atoms with Crippen LogP contribution >= 0.6 is 0 Å². The molecule has 2 aliphatic rings. The molecule has 0 heterocycles. The summed E-state index contributed by atoms with van der Waals surface area (Å²) in [7, 11) is 4.15. The van der Waals surface area contributed by atoms with Crippen molar-refractivity contribution in [1.82, 2.24) is 10.2 Å². The SMILES string of the molecule is CN(C)CCOCCNCC1CC2C=CC1C2. The monoisotopic (exact) mass is 238 g/mol. The number of nitrogens with zero attached hydrogens (tertiary/aromatic N) is 1. The lowest BCUT2D eigenvalue weighted by Crippen LogP contribution is -2.29. The number of allylic oxidation sites excluding steroid dienone is 2. The molecule has 1 fully saturated rings. The van der Waals surface area contributed by atoms with Crippen LogP contribution in [0.4, 0.5) is 0 Å². The molecule has 3 nitrogen and oxygen atoms in total. The van der Waals surface area contributed by atoms with Gasteiger partial charge in [-0.2, -0.15) is 0 Å². The molecule has 3 atom stereocenters. The van der Waals surface area contributed by atoms with Crippen LogP contribution in [0.5, 0.6) is 0 Å². The van der Waals surface area contributed by atoms with Crippen LogP contribution in [0.15, 0.2) is 12.2 Å². The van der Waals surface area contributed by atoms with Gasteiger partial charge in [-0.1, -0.05) is 12.2 Å². The van der Waals surface area contributed by atoms with Gasteiger partial charge in [-0.3, -0.25) is 0 Å². The van der Waals surface area contributed by atoms with Crippen molar-refractivity contribution in [2.24, 2.45) is 17.8 Å². The van der Waals surface area contributed by atoms with Crippen LogP contribution in [0.1, 0.15) is 12.8 Å². The fourth-order valence-electron chi connectivity index (χ4n) is 2.91. The van der Waals surface area contributed by atoms with Crippen LogP contribution in [-0.2, 0) is 4.74 Å². The third kappa shape index (κ3) is 4.09. The Labute approximate surface area is 105 Å². The average molecular weight is 238 g/mol. The maximum atomic E-state index is 5.55. The number of ether oxygens (including phenoxy) is 1. The molecule has 1 N–H and O–H groups in total. The van der Waals surface area contributed by atoms with Crippen molar-refractivity contribution in [1.29, 1.82) is 0 Å². The van der Waals surface area contributed by atoms with Gasteiger partial charge in [0.2, 0.25) is 0 Å². The van der Waals surface area contributed by atoms with E-state index in [2.05, 4.69) is 36.5 Å². The first kappa shape index (κ1) is 13.1. The number of rotatable bonds is 8. The predicted octanol–water partition coefficient (Wildman–Crippen LogP) is 1.37. The van der Waals surface area contributed by atoms with Gasteiger partial charge >= 0.3 is 0 Å². The van der Waals surface area contributed by atoms with Gasteiger partial charge in [0.15, 0.2) is 0 Å². The van der Waals surface area contributed by atoms with Gasteiger partial charge in [-0.05, 0) is 51.2 Å². The molecule has 0 aromatic carbocycles. The second-order valence-corrected chi connectivity index (χ2v) is 5.66. The molecule has 3 unspecified atom stereocenters. The lowest BCUT2D eigenvalue weighted by Gasteiger charge is -2.18. The molecule has 2 rings (SSSR count). The Hall–Kier alpha value is -0.380. The second-order valence-electron chi connectivity index (χ2n) is 5.66. The number of hydrogen-bond donors (Lipinski definition) is 1. The van der Waals surface area contributed by atoms with E-state index in [1.807, 2.05) is 0 Å². The van der Waals surface area contributed by atoms with Crippen molar-refractivity contribution in [2.45, 2.75) is 12.8 Å². The van der Waals surface area contributed by atoms with Gasteiger partial charge in [-0.25, -0.2) is 0 Å². The fourth-order valence-corrected chi connectivity index (χ4v) is 2.91. The summed E-state index contributed by atoms with van der Waals surface area (Å²) in [6.45, 7) is 4.85. The van der Waals surface area contributed by atoms with Crippen LogP contribution < -0.4 is 5.32 Å². The fraction of sp³-hybridized carbons (Fsp3) is 0.857. The summed E-state index contributed by atoms with van der Waals surface area (Å²) in [5.41, 5.74) is 0. The van der Waals surface area contributed by atoms with E-state index < -0.39 is 0 Å². The minimum absolute atomic E-state index is 0.838. The van der Waals surface area contributed by atoms with Gasteiger partial charge in [0.05, 0.1) is 13.2 Å². The van der Waals surface area contributed by atoms with E-state index in [0.717, 1.165) is 44.1 Å². The molecule has 0 spiro atoms. The molecule has 17 heavy (non-hydrogen) atoms. The van der Waals surface area contributed by atoms with E-state index in [0.29, 0.717) is 0 Å². The van der Waals surface area contributed by atoms with Gasteiger partial charge < -0.3 is 15.0 Å². The van der Waals surface area contributed by atoms with Crippen molar-refractivity contribution >= 4 is 0 Å². The first-order chi connectivity index (χ1) is 8.25. The van der Waals surface area contributed by atoms with Gasteiger partial charge in [0.1, 0.15) is 0 Å². The van der Waals surface area contributed by atoms with E-state index in [4.69, 9.17) is 4.74 Å². The van der Waals surface area contributed by atoms with Crippen LogP contribution in [0, 0.1) is 17.8 Å². The van der Waals surface area contributed by atoms with Crippen LogP contribution in [-0.4, -0.2) is 51.8 Å². The molecule has 0 amide bonds. The summed E-state index contributed by atoms with van der Waals surface area (Å²) < 4.78 is 5.55. The highest BCUT2D eigenvalue weighted by atomic mass is 16.5. The topological polar surface area (TPSA) is 24.5 Å². The zero-order valence-electron chi connectivity index (χ0n) is 11.2. The molecule has 2 aliphatic carbocycles. The van der Waals surface area contributed by atoms with Crippen molar-refractivity contribution in [3.63, 3.8) is 0 Å². The van der Waals surface area contributed by atoms with Crippen LogP contribution in [0.2, 0.25) is 0 Å². The predicted molar refractivity (Wildman–Crippen MR) is 71.1 cm³/mol. The van der Waals surface area contributed by atoms with E-state index >= 15 is 0 Å². The zero-order valence-corrected chi connectivity index (χ0v) is 11.2. The average Bonchev–Trinajstić information content (AvgIpc) is 2.89. The van der Waals surface area contributed by atoms with Crippen LogP contribution in [0.3, 0.4) is 0 Å². The molecule has 0 saturated heterocycles. The lowest BCUT2D eigenvalue weighted by molar-refractivity contribution is 0.118. The second kappa shape index (κ2) is 6.53. The largest absolute Gasteiger partial charge is 0.379 e. The number of likely N-dealkylation sites (N-methyl/N-ethyl adjacent to an activating group) is 1. The molecular formula is C14H26N2O. The van der Waals surface area contributed by atoms with E-state index in [-0.39, 0.29) is 0 Å². The highest BCUT2D eigenvalue weighted by Gasteiger charge is 2.34. The summed E-state index contributed by atoms with van der Waals surface area (Å²) in [4.78, 5) is 2.15. The Morgan fingerprint density at radius 1 is 1.24 bits per heavy atom. The first-order valence-corrected chi connectivity index (χ1v) is 6.87.